The SMILES string of the molecule is CCS(=O)(=O)c1ccc(C(=O)Nc2nc3ccc(C)cc3s2)cc1. The minimum Gasteiger partial charge on any atom is -0.298 e. The molecule has 0 atom stereocenters. The zero-order chi connectivity index (χ0) is 17.3. The molecule has 0 aliphatic carbocycles. The number of fused-ring (bicyclic) bond motifs is 1. The van der Waals surface area contributed by atoms with Gasteiger partial charge in [0.05, 0.1) is 20.9 Å². The monoisotopic (exact) mass is 360 g/mol. The predicted molar refractivity (Wildman–Crippen MR) is 96.5 cm³/mol. The fraction of sp³-hybridized carbons (Fsp3) is 0.176. The molecular weight excluding hydrogens is 344 g/mol. The maximum atomic E-state index is 12.3. The predicted octanol–water partition coefficient (Wildman–Crippen LogP) is 3.65. The van der Waals surface area contributed by atoms with Gasteiger partial charge in [-0.15, -0.1) is 0 Å². The third kappa shape index (κ3) is 3.32. The summed E-state index contributed by atoms with van der Waals surface area (Å²) >= 11 is 1.41. The molecule has 0 saturated heterocycles. The van der Waals surface area contributed by atoms with E-state index >= 15 is 0 Å². The summed E-state index contributed by atoms with van der Waals surface area (Å²) in [7, 11) is -3.26. The first kappa shape index (κ1) is 16.6. The second kappa shape index (κ2) is 6.33. The van der Waals surface area contributed by atoms with Crippen LogP contribution in [-0.2, 0) is 9.84 Å². The van der Waals surface area contributed by atoms with Gasteiger partial charge in [-0.05, 0) is 48.9 Å². The molecule has 5 nitrogen and oxygen atoms in total. The standard InChI is InChI=1S/C17H16N2O3S2/c1-3-24(21,22)13-7-5-12(6-8-13)16(20)19-17-18-14-9-4-11(2)10-15(14)23-17/h4-10H,3H2,1-2H3,(H,18,19,20). The van der Waals surface area contributed by atoms with Crippen molar-refractivity contribution in [1.29, 1.82) is 0 Å². The summed E-state index contributed by atoms with van der Waals surface area (Å²) in [6.07, 6.45) is 0. The average molecular weight is 360 g/mol. The number of hydrogen-bond donors (Lipinski definition) is 1. The summed E-state index contributed by atoms with van der Waals surface area (Å²) in [6.45, 7) is 3.59. The number of carbonyl (C=O) groups is 1. The molecule has 1 amide bonds. The van der Waals surface area contributed by atoms with E-state index in [1.165, 1.54) is 35.6 Å². The van der Waals surface area contributed by atoms with Gasteiger partial charge in [-0.25, -0.2) is 13.4 Å². The number of rotatable bonds is 4. The van der Waals surface area contributed by atoms with Crippen LogP contribution in [0.15, 0.2) is 47.4 Å². The Morgan fingerprint density at radius 2 is 1.88 bits per heavy atom. The van der Waals surface area contributed by atoms with E-state index in [0.29, 0.717) is 10.7 Å². The number of benzene rings is 2. The first-order chi connectivity index (χ1) is 11.4. The van der Waals surface area contributed by atoms with Crippen LogP contribution < -0.4 is 5.32 Å². The van der Waals surface area contributed by atoms with Crippen LogP contribution in [0, 0.1) is 6.92 Å². The molecule has 3 aromatic rings. The molecule has 0 spiro atoms. The van der Waals surface area contributed by atoms with Crippen molar-refractivity contribution < 1.29 is 13.2 Å². The number of nitrogens with zero attached hydrogens (tertiary/aromatic N) is 1. The minimum atomic E-state index is -3.26. The molecule has 2 aromatic carbocycles. The average Bonchev–Trinajstić information content (AvgIpc) is 2.96. The Labute approximate surface area is 144 Å². The highest BCUT2D eigenvalue weighted by molar-refractivity contribution is 7.91. The van der Waals surface area contributed by atoms with Gasteiger partial charge in [0.1, 0.15) is 0 Å². The molecule has 0 radical (unpaired) electrons. The molecule has 1 aromatic heterocycles. The van der Waals surface area contributed by atoms with Gasteiger partial charge >= 0.3 is 0 Å². The van der Waals surface area contributed by atoms with Gasteiger partial charge < -0.3 is 0 Å². The van der Waals surface area contributed by atoms with E-state index < -0.39 is 9.84 Å². The zero-order valence-corrected chi connectivity index (χ0v) is 14.9. The Bertz CT molecular complexity index is 1010. The van der Waals surface area contributed by atoms with E-state index in [2.05, 4.69) is 10.3 Å². The largest absolute Gasteiger partial charge is 0.298 e. The molecule has 1 N–H and O–H groups in total. The number of nitrogens with one attached hydrogen (secondary N) is 1. The smallest absolute Gasteiger partial charge is 0.257 e. The van der Waals surface area contributed by atoms with E-state index in [4.69, 9.17) is 0 Å². The molecule has 3 rings (SSSR count). The van der Waals surface area contributed by atoms with Crippen molar-refractivity contribution in [3.05, 3.63) is 53.6 Å². The van der Waals surface area contributed by atoms with E-state index in [9.17, 15) is 13.2 Å². The molecular formula is C17H16N2O3S2. The van der Waals surface area contributed by atoms with Crippen LogP contribution >= 0.6 is 11.3 Å². The number of aromatic nitrogens is 1. The lowest BCUT2D eigenvalue weighted by molar-refractivity contribution is 0.102. The van der Waals surface area contributed by atoms with Crippen molar-refractivity contribution in [1.82, 2.24) is 4.98 Å². The Hall–Kier alpha value is -2.25. The Morgan fingerprint density at radius 1 is 1.17 bits per heavy atom. The summed E-state index contributed by atoms with van der Waals surface area (Å²) in [5, 5.41) is 3.28. The van der Waals surface area contributed by atoms with E-state index in [-0.39, 0.29) is 16.6 Å². The Morgan fingerprint density at radius 3 is 2.54 bits per heavy atom. The van der Waals surface area contributed by atoms with Gasteiger partial charge in [0, 0.05) is 5.56 Å². The fourth-order valence-electron chi connectivity index (χ4n) is 2.23. The number of amides is 1. The molecule has 0 unspecified atom stereocenters. The van der Waals surface area contributed by atoms with Crippen LogP contribution in [0.3, 0.4) is 0 Å². The lowest BCUT2D eigenvalue weighted by Gasteiger charge is -2.04. The topological polar surface area (TPSA) is 76.1 Å². The van der Waals surface area contributed by atoms with Crippen LogP contribution in [-0.4, -0.2) is 25.1 Å². The summed E-state index contributed by atoms with van der Waals surface area (Å²) in [5.74, 6) is -0.282. The van der Waals surface area contributed by atoms with Crippen molar-refractivity contribution >= 4 is 42.4 Å². The normalized spacial score (nSPS) is 11.6. The maximum absolute atomic E-state index is 12.3. The number of thiazole rings is 1. The molecule has 0 saturated carbocycles. The summed E-state index contributed by atoms with van der Waals surface area (Å²) in [5.41, 5.74) is 2.36. The van der Waals surface area contributed by atoms with Crippen molar-refractivity contribution in [2.45, 2.75) is 18.7 Å². The van der Waals surface area contributed by atoms with E-state index in [1.807, 2.05) is 25.1 Å². The lowest BCUT2D eigenvalue weighted by atomic mass is 10.2. The van der Waals surface area contributed by atoms with Gasteiger partial charge in [-0.3, -0.25) is 10.1 Å². The Balaban J connectivity index is 1.81. The summed E-state index contributed by atoms with van der Waals surface area (Å²) in [6, 6.07) is 11.8. The number of sulfone groups is 1. The van der Waals surface area contributed by atoms with Crippen molar-refractivity contribution in [2.24, 2.45) is 0 Å². The number of anilines is 1. The van der Waals surface area contributed by atoms with Gasteiger partial charge in [-0.1, -0.05) is 24.3 Å². The third-order valence-corrected chi connectivity index (χ3v) is 6.30. The van der Waals surface area contributed by atoms with Gasteiger partial charge in [0.25, 0.3) is 5.91 Å². The second-order valence-electron chi connectivity index (χ2n) is 5.37. The highest BCUT2D eigenvalue weighted by Crippen LogP contribution is 2.27. The lowest BCUT2D eigenvalue weighted by Crippen LogP contribution is -2.12. The molecule has 124 valence electrons. The van der Waals surface area contributed by atoms with Crippen molar-refractivity contribution in [2.75, 3.05) is 11.1 Å². The first-order valence-electron chi connectivity index (χ1n) is 7.40. The summed E-state index contributed by atoms with van der Waals surface area (Å²) < 4.78 is 24.6. The quantitative estimate of drug-likeness (QED) is 0.770. The molecule has 0 aliphatic heterocycles. The molecule has 0 bridgehead atoms. The zero-order valence-electron chi connectivity index (χ0n) is 13.2. The number of aryl methyl sites for hydroxylation is 1. The molecule has 0 fully saturated rings. The molecule has 1 heterocycles. The van der Waals surface area contributed by atoms with E-state index in [0.717, 1.165) is 15.8 Å². The molecule has 0 aliphatic rings. The number of hydrogen-bond acceptors (Lipinski definition) is 5. The highest BCUT2D eigenvalue weighted by atomic mass is 32.2. The van der Waals surface area contributed by atoms with Gasteiger partial charge in [0.15, 0.2) is 15.0 Å². The molecule has 24 heavy (non-hydrogen) atoms. The van der Waals surface area contributed by atoms with Gasteiger partial charge in [0.2, 0.25) is 0 Å². The van der Waals surface area contributed by atoms with Crippen molar-refractivity contribution in [3.8, 4) is 0 Å². The van der Waals surface area contributed by atoms with Crippen LogP contribution in [0.2, 0.25) is 0 Å². The first-order valence-corrected chi connectivity index (χ1v) is 9.87. The maximum Gasteiger partial charge on any atom is 0.257 e. The van der Waals surface area contributed by atoms with Crippen LogP contribution in [0.1, 0.15) is 22.8 Å². The fourth-order valence-corrected chi connectivity index (χ4v) is 4.08. The van der Waals surface area contributed by atoms with E-state index in [1.54, 1.807) is 6.92 Å². The third-order valence-electron chi connectivity index (χ3n) is 3.62. The van der Waals surface area contributed by atoms with Gasteiger partial charge in [-0.2, -0.15) is 0 Å². The Kier molecular flexibility index (Phi) is 4.38. The highest BCUT2D eigenvalue weighted by Gasteiger charge is 2.14. The van der Waals surface area contributed by atoms with Crippen LogP contribution in [0.4, 0.5) is 5.13 Å². The number of carbonyl (C=O) groups excluding carboxylic acids is 1. The van der Waals surface area contributed by atoms with Crippen molar-refractivity contribution in [3.63, 3.8) is 0 Å². The second-order valence-corrected chi connectivity index (χ2v) is 8.68. The summed E-state index contributed by atoms with van der Waals surface area (Å²) in [4.78, 5) is 16.9. The molecule has 7 heteroatoms. The van der Waals surface area contributed by atoms with Crippen LogP contribution in [0.25, 0.3) is 10.2 Å². The minimum absolute atomic E-state index is 0.0314. The van der Waals surface area contributed by atoms with Crippen LogP contribution in [0.5, 0.6) is 0 Å².